The summed E-state index contributed by atoms with van der Waals surface area (Å²) in [7, 11) is 0. The summed E-state index contributed by atoms with van der Waals surface area (Å²) in [6.07, 6.45) is 6.75. The van der Waals surface area contributed by atoms with Crippen LogP contribution >= 0.6 is 27.3 Å². The molecule has 4 heteroatoms. The molecular formula is C17H21BrN2S. The van der Waals surface area contributed by atoms with Gasteiger partial charge in [0.05, 0.1) is 6.04 Å². The van der Waals surface area contributed by atoms with Crippen molar-refractivity contribution in [3.05, 3.63) is 50.4 Å². The Morgan fingerprint density at radius 3 is 3.14 bits per heavy atom. The fraction of sp³-hybridized carbons (Fsp3) is 0.471. The lowest BCUT2D eigenvalue weighted by Crippen LogP contribution is -2.30. The van der Waals surface area contributed by atoms with Gasteiger partial charge >= 0.3 is 0 Å². The molecule has 2 aromatic heterocycles. The average molecular weight is 365 g/mol. The molecule has 0 aromatic carbocycles. The average Bonchev–Trinajstić information content (AvgIpc) is 2.94. The maximum Gasteiger partial charge on any atom is 0.0511 e. The van der Waals surface area contributed by atoms with Gasteiger partial charge in [-0.2, -0.15) is 0 Å². The third-order valence-electron chi connectivity index (χ3n) is 4.18. The number of halogens is 1. The Hall–Kier alpha value is -0.710. The molecule has 2 atom stereocenters. The van der Waals surface area contributed by atoms with E-state index in [-0.39, 0.29) is 0 Å². The van der Waals surface area contributed by atoms with E-state index in [1.165, 1.54) is 39.9 Å². The SMILES string of the molecule is CCCNC(c1sccc1Br)C1CCCc2cccnc21. The van der Waals surface area contributed by atoms with Crippen molar-refractivity contribution in [1.29, 1.82) is 0 Å². The van der Waals surface area contributed by atoms with Gasteiger partial charge in [0.1, 0.15) is 0 Å². The van der Waals surface area contributed by atoms with Crippen molar-refractivity contribution in [2.75, 3.05) is 6.54 Å². The number of hydrogen-bond acceptors (Lipinski definition) is 3. The van der Waals surface area contributed by atoms with Gasteiger partial charge in [0.15, 0.2) is 0 Å². The van der Waals surface area contributed by atoms with Crippen LogP contribution in [0.3, 0.4) is 0 Å². The molecule has 21 heavy (non-hydrogen) atoms. The zero-order valence-corrected chi connectivity index (χ0v) is 14.7. The Morgan fingerprint density at radius 2 is 2.38 bits per heavy atom. The van der Waals surface area contributed by atoms with Gasteiger partial charge in [0.2, 0.25) is 0 Å². The van der Waals surface area contributed by atoms with E-state index in [1.807, 2.05) is 17.5 Å². The second kappa shape index (κ2) is 7.03. The molecule has 0 amide bonds. The number of hydrogen-bond donors (Lipinski definition) is 1. The largest absolute Gasteiger partial charge is 0.309 e. The molecule has 3 rings (SSSR count). The second-order valence-corrected chi connectivity index (χ2v) is 7.41. The predicted octanol–water partition coefficient (Wildman–Crippen LogP) is 5.07. The van der Waals surface area contributed by atoms with Gasteiger partial charge in [-0.25, -0.2) is 0 Å². The van der Waals surface area contributed by atoms with Crippen LogP contribution in [0, 0.1) is 0 Å². The molecular weight excluding hydrogens is 344 g/mol. The number of pyridine rings is 1. The molecule has 1 aliphatic carbocycles. The zero-order valence-electron chi connectivity index (χ0n) is 12.3. The van der Waals surface area contributed by atoms with Crippen LogP contribution in [-0.2, 0) is 6.42 Å². The summed E-state index contributed by atoms with van der Waals surface area (Å²) in [5.74, 6) is 0.483. The van der Waals surface area contributed by atoms with E-state index in [2.05, 4.69) is 51.7 Å². The van der Waals surface area contributed by atoms with E-state index in [0.29, 0.717) is 12.0 Å². The molecule has 0 saturated heterocycles. The van der Waals surface area contributed by atoms with Crippen molar-refractivity contribution in [2.24, 2.45) is 0 Å². The van der Waals surface area contributed by atoms with E-state index in [4.69, 9.17) is 4.98 Å². The Labute approximate surface area is 139 Å². The van der Waals surface area contributed by atoms with Gasteiger partial charge in [0.25, 0.3) is 0 Å². The molecule has 1 aliphatic rings. The van der Waals surface area contributed by atoms with Crippen LogP contribution in [0.4, 0.5) is 0 Å². The van der Waals surface area contributed by atoms with E-state index in [9.17, 15) is 0 Å². The van der Waals surface area contributed by atoms with Crippen LogP contribution in [-0.4, -0.2) is 11.5 Å². The van der Waals surface area contributed by atoms with Crippen molar-refractivity contribution < 1.29 is 0 Å². The molecule has 2 nitrogen and oxygen atoms in total. The summed E-state index contributed by atoms with van der Waals surface area (Å²) in [4.78, 5) is 6.13. The van der Waals surface area contributed by atoms with Crippen molar-refractivity contribution in [2.45, 2.75) is 44.6 Å². The Morgan fingerprint density at radius 1 is 1.48 bits per heavy atom. The number of thiophene rings is 1. The highest BCUT2D eigenvalue weighted by atomic mass is 79.9. The number of rotatable bonds is 5. The van der Waals surface area contributed by atoms with Gasteiger partial charge in [-0.3, -0.25) is 4.98 Å². The molecule has 0 saturated carbocycles. The van der Waals surface area contributed by atoms with Gasteiger partial charge in [-0.05, 0) is 71.2 Å². The Balaban J connectivity index is 1.96. The first-order valence-electron chi connectivity index (χ1n) is 7.71. The maximum atomic E-state index is 4.72. The zero-order chi connectivity index (χ0) is 14.7. The Bertz CT molecular complexity index is 596. The summed E-state index contributed by atoms with van der Waals surface area (Å²) >= 11 is 5.55. The molecule has 0 fully saturated rings. The summed E-state index contributed by atoms with van der Waals surface area (Å²) in [5.41, 5.74) is 2.74. The lowest BCUT2D eigenvalue weighted by molar-refractivity contribution is 0.398. The minimum atomic E-state index is 0.369. The highest BCUT2D eigenvalue weighted by molar-refractivity contribution is 9.10. The predicted molar refractivity (Wildman–Crippen MR) is 93.0 cm³/mol. The normalized spacial score (nSPS) is 19.2. The van der Waals surface area contributed by atoms with Crippen molar-refractivity contribution >= 4 is 27.3 Å². The molecule has 2 aromatic rings. The monoisotopic (exact) mass is 364 g/mol. The highest BCUT2D eigenvalue weighted by Crippen LogP contribution is 2.43. The first kappa shape index (κ1) is 15.2. The molecule has 0 radical (unpaired) electrons. The highest BCUT2D eigenvalue weighted by Gasteiger charge is 2.31. The third-order valence-corrected chi connectivity index (χ3v) is 6.14. The van der Waals surface area contributed by atoms with Gasteiger partial charge in [-0.15, -0.1) is 11.3 Å². The van der Waals surface area contributed by atoms with Crippen LogP contribution in [0.1, 0.15) is 54.3 Å². The lowest BCUT2D eigenvalue weighted by atomic mass is 9.81. The number of nitrogens with zero attached hydrogens (tertiary/aromatic N) is 1. The van der Waals surface area contributed by atoms with Crippen molar-refractivity contribution in [1.82, 2.24) is 10.3 Å². The van der Waals surface area contributed by atoms with Crippen LogP contribution < -0.4 is 5.32 Å². The fourth-order valence-electron chi connectivity index (χ4n) is 3.21. The standard InChI is InChI=1S/C17H21BrN2S/c1-2-9-19-16(17-14(18)8-11-21-17)13-7-3-5-12-6-4-10-20-15(12)13/h4,6,8,10-11,13,16,19H,2-3,5,7,9H2,1H3. The third kappa shape index (κ3) is 3.22. The quantitative estimate of drug-likeness (QED) is 0.801. The summed E-state index contributed by atoms with van der Waals surface area (Å²) in [5, 5.41) is 5.93. The minimum Gasteiger partial charge on any atom is -0.309 e. The van der Waals surface area contributed by atoms with Gasteiger partial charge in [0, 0.05) is 27.2 Å². The lowest BCUT2D eigenvalue weighted by Gasteiger charge is -2.32. The van der Waals surface area contributed by atoms with E-state index in [0.717, 1.165) is 13.0 Å². The Kier molecular flexibility index (Phi) is 5.09. The van der Waals surface area contributed by atoms with Crippen LogP contribution in [0.25, 0.3) is 0 Å². The van der Waals surface area contributed by atoms with Crippen molar-refractivity contribution in [3.63, 3.8) is 0 Å². The van der Waals surface area contributed by atoms with Gasteiger partial charge in [-0.1, -0.05) is 13.0 Å². The van der Waals surface area contributed by atoms with Crippen LogP contribution in [0.2, 0.25) is 0 Å². The van der Waals surface area contributed by atoms with E-state index < -0.39 is 0 Å². The topological polar surface area (TPSA) is 24.9 Å². The number of aromatic nitrogens is 1. The molecule has 112 valence electrons. The maximum absolute atomic E-state index is 4.72. The van der Waals surface area contributed by atoms with E-state index >= 15 is 0 Å². The summed E-state index contributed by atoms with van der Waals surface area (Å²) in [6, 6.07) is 6.84. The fourth-order valence-corrected chi connectivity index (χ4v) is 4.97. The summed E-state index contributed by atoms with van der Waals surface area (Å²) in [6.45, 7) is 3.27. The smallest absolute Gasteiger partial charge is 0.0511 e. The number of nitrogens with one attached hydrogen (secondary N) is 1. The summed E-state index contributed by atoms with van der Waals surface area (Å²) < 4.78 is 1.23. The first-order chi connectivity index (χ1) is 10.3. The van der Waals surface area contributed by atoms with Crippen LogP contribution in [0.5, 0.6) is 0 Å². The molecule has 2 unspecified atom stereocenters. The molecule has 0 bridgehead atoms. The number of fused-ring (bicyclic) bond motifs is 1. The van der Waals surface area contributed by atoms with Crippen molar-refractivity contribution in [3.8, 4) is 0 Å². The first-order valence-corrected chi connectivity index (χ1v) is 9.38. The van der Waals surface area contributed by atoms with Crippen LogP contribution in [0.15, 0.2) is 34.2 Å². The minimum absolute atomic E-state index is 0.369. The number of aryl methyl sites for hydroxylation is 1. The van der Waals surface area contributed by atoms with Gasteiger partial charge < -0.3 is 5.32 Å². The molecule has 0 aliphatic heterocycles. The molecule has 0 spiro atoms. The molecule has 1 N–H and O–H groups in total. The van der Waals surface area contributed by atoms with E-state index in [1.54, 1.807) is 0 Å². The molecule has 2 heterocycles. The second-order valence-electron chi connectivity index (χ2n) is 5.61.